The minimum absolute atomic E-state index is 0.0351. The van der Waals surface area contributed by atoms with E-state index in [1.54, 1.807) is 30.6 Å². The van der Waals surface area contributed by atoms with Gasteiger partial charge in [0.2, 0.25) is 5.82 Å². The lowest BCUT2D eigenvalue weighted by Crippen LogP contribution is -2.48. The summed E-state index contributed by atoms with van der Waals surface area (Å²) in [4.78, 5) is 21.1. The molecule has 0 saturated carbocycles. The predicted molar refractivity (Wildman–Crippen MR) is 145 cm³/mol. The molecule has 1 amide bonds. The Morgan fingerprint density at radius 1 is 1.08 bits per heavy atom. The fraction of sp³-hybridized carbons (Fsp3) is 0.321. The number of amides is 1. The van der Waals surface area contributed by atoms with Gasteiger partial charge in [-0.3, -0.25) is 9.78 Å². The summed E-state index contributed by atoms with van der Waals surface area (Å²) in [6, 6.07) is 16.9. The van der Waals surface area contributed by atoms with E-state index in [1.807, 2.05) is 55.1 Å². The van der Waals surface area contributed by atoms with Gasteiger partial charge in [0.05, 0.1) is 16.8 Å². The number of halogens is 1. The Morgan fingerprint density at radius 3 is 2.55 bits per heavy atom. The Hall–Kier alpha value is -3.82. The van der Waals surface area contributed by atoms with Crippen LogP contribution in [0.2, 0.25) is 5.02 Å². The first-order valence-corrected chi connectivity index (χ1v) is 13.0. The van der Waals surface area contributed by atoms with Crippen LogP contribution in [0.4, 0.5) is 0 Å². The first-order chi connectivity index (χ1) is 18.4. The van der Waals surface area contributed by atoms with Gasteiger partial charge in [-0.05, 0) is 61.0 Å². The lowest BCUT2D eigenvalue weighted by Gasteiger charge is -2.37. The van der Waals surface area contributed by atoms with Gasteiger partial charge in [0.1, 0.15) is 11.9 Å². The van der Waals surface area contributed by atoms with Gasteiger partial charge in [0.25, 0.3) is 5.91 Å². The molecule has 2 aromatic carbocycles. The van der Waals surface area contributed by atoms with E-state index in [0.717, 1.165) is 11.3 Å². The van der Waals surface area contributed by atoms with E-state index in [0.29, 0.717) is 47.4 Å². The quantitative estimate of drug-likeness (QED) is 0.377. The zero-order valence-electron chi connectivity index (χ0n) is 21.6. The second-order valence-electron chi connectivity index (χ2n) is 9.73. The summed E-state index contributed by atoms with van der Waals surface area (Å²) in [6.45, 7) is 8.03. The molecule has 9 nitrogen and oxygen atoms in total. The summed E-state index contributed by atoms with van der Waals surface area (Å²) in [5.74, 6) is 0.851. The number of fused-ring (bicyclic) bond motifs is 1. The Balaban J connectivity index is 1.47. The molecule has 2 aromatic heterocycles. The van der Waals surface area contributed by atoms with Gasteiger partial charge >= 0.3 is 0 Å². The lowest BCUT2D eigenvalue weighted by atomic mass is 9.98. The summed E-state index contributed by atoms with van der Waals surface area (Å²) in [5, 5.41) is 17.3. The van der Waals surface area contributed by atoms with Crippen LogP contribution in [0.25, 0.3) is 17.1 Å². The number of nitrogens with one attached hydrogen (secondary N) is 1. The third-order valence-electron chi connectivity index (χ3n) is 6.65. The van der Waals surface area contributed by atoms with Gasteiger partial charge in [-0.2, -0.15) is 0 Å². The average Bonchev–Trinajstić information content (AvgIpc) is 3.42. The van der Waals surface area contributed by atoms with E-state index in [-0.39, 0.29) is 24.0 Å². The van der Waals surface area contributed by atoms with E-state index in [1.165, 1.54) is 4.80 Å². The van der Waals surface area contributed by atoms with Crippen LogP contribution in [0.3, 0.4) is 0 Å². The SMILES string of the molecule is CC(C)N1C[C@H](C)C(CNCc2ccc(Cl)cc2)Oc2c(cccc2-c2nnn(-c3ccncc3)n2)C1=O. The molecule has 1 aliphatic heterocycles. The maximum absolute atomic E-state index is 13.7. The van der Waals surface area contributed by atoms with Gasteiger partial charge in [0.15, 0.2) is 0 Å². The molecule has 1 unspecified atom stereocenters. The van der Waals surface area contributed by atoms with Gasteiger partial charge in [-0.1, -0.05) is 36.7 Å². The van der Waals surface area contributed by atoms with Crippen molar-refractivity contribution in [3.63, 3.8) is 0 Å². The molecule has 1 aliphatic rings. The molecule has 196 valence electrons. The number of hydrogen-bond acceptors (Lipinski definition) is 7. The highest BCUT2D eigenvalue weighted by Gasteiger charge is 2.33. The molecule has 38 heavy (non-hydrogen) atoms. The van der Waals surface area contributed by atoms with Crippen molar-refractivity contribution in [2.45, 2.75) is 39.5 Å². The predicted octanol–water partition coefficient (Wildman–Crippen LogP) is 4.42. The van der Waals surface area contributed by atoms with Crippen LogP contribution in [-0.2, 0) is 6.54 Å². The van der Waals surface area contributed by atoms with Crippen molar-refractivity contribution < 1.29 is 9.53 Å². The molecular weight excluding hydrogens is 502 g/mol. The van der Waals surface area contributed by atoms with Gasteiger partial charge in [0, 0.05) is 49.0 Å². The van der Waals surface area contributed by atoms with E-state index in [9.17, 15) is 4.79 Å². The normalized spacial score (nSPS) is 17.6. The molecule has 0 saturated heterocycles. The number of rotatable bonds is 7. The number of para-hydroxylation sites is 1. The fourth-order valence-electron chi connectivity index (χ4n) is 4.50. The first-order valence-electron chi connectivity index (χ1n) is 12.7. The highest BCUT2D eigenvalue weighted by molar-refractivity contribution is 6.30. The molecule has 5 rings (SSSR count). The third-order valence-corrected chi connectivity index (χ3v) is 6.91. The Morgan fingerprint density at radius 2 is 1.82 bits per heavy atom. The summed E-state index contributed by atoms with van der Waals surface area (Å²) in [5.41, 5.74) is 2.98. The van der Waals surface area contributed by atoms with Crippen molar-refractivity contribution in [1.29, 1.82) is 0 Å². The van der Waals surface area contributed by atoms with Gasteiger partial charge in [-0.25, -0.2) is 0 Å². The smallest absolute Gasteiger partial charge is 0.257 e. The molecule has 4 aromatic rings. The highest BCUT2D eigenvalue weighted by Crippen LogP contribution is 2.36. The van der Waals surface area contributed by atoms with Crippen molar-refractivity contribution in [1.82, 2.24) is 35.4 Å². The molecule has 0 aliphatic carbocycles. The van der Waals surface area contributed by atoms with E-state index < -0.39 is 0 Å². The topological polar surface area (TPSA) is 98.1 Å². The van der Waals surface area contributed by atoms with Crippen LogP contribution < -0.4 is 10.1 Å². The van der Waals surface area contributed by atoms with Gasteiger partial charge in [-0.15, -0.1) is 15.0 Å². The summed E-state index contributed by atoms with van der Waals surface area (Å²) >= 11 is 6.03. The Labute approximate surface area is 226 Å². The zero-order chi connectivity index (χ0) is 26.6. The molecule has 1 N–H and O–H groups in total. The standard InChI is InChI=1S/C28H30ClN7O2/c1-18(2)35-17-19(3)25(16-31-15-20-7-9-21(29)10-8-20)38-26-23(5-4-6-24(26)28(35)37)27-32-34-36(33-27)22-11-13-30-14-12-22/h4-14,18-19,25,31H,15-17H2,1-3H3/t19-,25?/m0/s1. The molecular formula is C28H30ClN7O2. The van der Waals surface area contributed by atoms with Crippen molar-refractivity contribution in [2.24, 2.45) is 5.92 Å². The maximum atomic E-state index is 13.7. The first kappa shape index (κ1) is 25.8. The van der Waals surface area contributed by atoms with Crippen molar-refractivity contribution in [2.75, 3.05) is 13.1 Å². The second-order valence-corrected chi connectivity index (χ2v) is 10.2. The minimum atomic E-state index is -0.202. The monoisotopic (exact) mass is 531 g/mol. The summed E-state index contributed by atoms with van der Waals surface area (Å²) in [7, 11) is 0. The molecule has 0 spiro atoms. The van der Waals surface area contributed by atoms with E-state index in [4.69, 9.17) is 16.3 Å². The van der Waals surface area contributed by atoms with E-state index >= 15 is 0 Å². The van der Waals surface area contributed by atoms with Crippen molar-refractivity contribution in [3.05, 3.63) is 83.1 Å². The lowest BCUT2D eigenvalue weighted by molar-refractivity contribution is 0.0513. The Kier molecular flexibility index (Phi) is 7.67. The maximum Gasteiger partial charge on any atom is 0.257 e. The summed E-state index contributed by atoms with van der Waals surface area (Å²) in [6.07, 6.45) is 3.13. The molecule has 0 bridgehead atoms. The number of nitrogens with zero attached hydrogens (tertiary/aromatic N) is 6. The molecule has 3 heterocycles. The number of pyridine rings is 1. The fourth-order valence-corrected chi connectivity index (χ4v) is 4.63. The van der Waals surface area contributed by atoms with E-state index in [2.05, 4.69) is 32.6 Å². The van der Waals surface area contributed by atoms with Crippen LogP contribution in [0.5, 0.6) is 5.75 Å². The van der Waals surface area contributed by atoms with Gasteiger partial charge < -0.3 is 15.0 Å². The number of benzene rings is 2. The third kappa shape index (κ3) is 5.54. The Bertz CT molecular complexity index is 1390. The molecule has 0 fully saturated rings. The molecule has 0 radical (unpaired) electrons. The largest absolute Gasteiger partial charge is 0.487 e. The number of tetrazole rings is 1. The number of carbonyl (C=O) groups is 1. The van der Waals surface area contributed by atoms with Crippen LogP contribution in [0.15, 0.2) is 67.0 Å². The number of aromatic nitrogens is 5. The van der Waals surface area contributed by atoms with Crippen LogP contribution in [0.1, 0.15) is 36.7 Å². The zero-order valence-corrected chi connectivity index (χ0v) is 22.3. The van der Waals surface area contributed by atoms with Crippen LogP contribution >= 0.6 is 11.6 Å². The van der Waals surface area contributed by atoms with Crippen LogP contribution in [-0.4, -0.2) is 61.2 Å². The number of hydrogen-bond donors (Lipinski definition) is 1. The van der Waals surface area contributed by atoms with Crippen molar-refractivity contribution in [3.8, 4) is 22.8 Å². The van der Waals surface area contributed by atoms with Crippen molar-refractivity contribution >= 4 is 17.5 Å². The highest BCUT2D eigenvalue weighted by atomic mass is 35.5. The molecule has 10 heteroatoms. The minimum Gasteiger partial charge on any atom is -0.487 e. The second kappa shape index (κ2) is 11.3. The molecule has 2 atom stereocenters. The summed E-state index contributed by atoms with van der Waals surface area (Å²) < 4.78 is 6.65. The number of ether oxygens (including phenoxy) is 1. The average molecular weight is 532 g/mol. The van der Waals surface area contributed by atoms with Crippen LogP contribution in [0, 0.1) is 5.92 Å². The number of carbonyl (C=O) groups excluding carboxylic acids is 1.